The van der Waals surface area contributed by atoms with Crippen molar-refractivity contribution in [3.8, 4) is 22.9 Å². The van der Waals surface area contributed by atoms with Gasteiger partial charge in [0.05, 0.1) is 29.9 Å². The molecule has 3 aromatic rings. The first-order chi connectivity index (χ1) is 18.4. The fraction of sp³-hybridized carbons (Fsp3) is 0.414. The van der Waals surface area contributed by atoms with Crippen molar-refractivity contribution in [3.05, 3.63) is 71.0 Å². The number of alkyl halides is 3. The van der Waals surface area contributed by atoms with Gasteiger partial charge in [0.15, 0.2) is 5.82 Å². The number of ether oxygens (including phenoxy) is 3. The first-order valence-electron chi connectivity index (χ1n) is 12.6. The smallest absolute Gasteiger partial charge is 0.416 e. The number of aryl methyl sites for hydroxylation is 1. The monoisotopic (exact) mass is 679 g/mol. The van der Waals surface area contributed by atoms with Crippen molar-refractivity contribution in [1.82, 2.24) is 9.97 Å². The molecule has 0 fully saturated rings. The summed E-state index contributed by atoms with van der Waals surface area (Å²) in [5.41, 5.74) is 1.09. The van der Waals surface area contributed by atoms with Crippen LogP contribution in [0.5, 0.6) is 11.5 Å². The van der Waals surface area contributed by atoms with Crippen LogP contribution in [0.15, 0.2) is 48.7 Å². The zero-order chi connectivity index (χ0) is 28.6. The van der Waals surface area contributed by atoms with Gasteiger partial charge in [-0.2, -0.15) is 13.2 Å². The molecule has 1 aromatic heterocycles. The van der Waals surface area contributed by atoms with Crippen molar-refractivity contribution in [2.75, 3.05) is 19.8 Å². The van der Waals surface area contributed by atoms with Crippen LogP contribution in [-0.4, -0.2) is 110 Å². The van der Waals surface area contributed by atoms with E-state index in [9.17, 15) is 23.1 Å². The zero-order valence-electron chi connectivity index (χ0n) is 23.5. The number of aliphatic hydroxyl groups is 1. The number of carbonyl (C=O) groups is 1. The number of aromatic nitrogens is 2. The van der Waals surface area contributed by atoms with E-state index in [1.165, 1.54) is 12.1 Å². The Bertz CT molecular complexity index is 1270. The van der Waals surface area contributed by atoms with E-state index >= 15 is 0 Å². The molecule has 0 bridgehead atoms. The molecule has 0 amide bonds. The molecule has 2 aromatic carbocycles. The molecule has 7 nitrogen and oxygen atoms in total. The molecule has 1 radical (unpaired) electrons. The van der Waals surface area contributed by atoms with Crippen LogP contribution in [0.2, 0.25) is 0 Å². The van der Waals surface area contributed by atoms with Crippen LogP contribution < -0.4 is 9.47 Å². The third-order valence-corrected chi connectivity index (χ3v) is 6.13. The van der Waals surface area contributed by atoms with Crippen molar-refractivity contribution in [3.63, 3.8) is 0 Å². The minimum atomic E-state index is -4.42. The Kier molecular flexibility index (Phi) is 13.5. The number of carbonyl (C=O) groups excluding carboxylic acids is 1. The van der Waals surface area contributed by atoms with Crippen LogP contribution in [0.25, 0.3) is 11.4 Å². The Balaban J connectivity index is 0.00000560. The van der Waals surface area contributed by atoms with Crippen LogP contribution in [0.3, 0.4) is 0 Å². The Morgan fingerprint density at radius 3 is 2.35 bits per heavy atom. The third kappa shape index (κ3) is 9.75. The van der Waals surface area contributed by atoms with E-state index in [-0.39, 0.29) is 100 Å². The molecule has 0 spiro atoms. The fourth-order valence-electron chi connectivity index (χ4n) is 3.71. The summed E-state index contributed by atoms with van der Waals surface area (Å²) in [6, 6.07) is 10.00. The maximum Gasteiger partial charge on any atom is 0.416 e. The van der Waals surface area contributed by atoms with Gasteiger partial charge in [0.2, 0.25) is 0 Å². The standard InChI is InChI=1S/C29H33F3N2O5.Cs/c1-5-37-27(36)28(3,4)13-15-38-25-11-10-23(16-19(25)2)39-18-21-17-33-26(34-24(21)12-14-35)20-6-8-22(9-7-20)29(30,31)32;/h6-11,16-17,35H,5,12-15,18H2,1-4H3;. The van der Waals surface area contributed by atoms with E-state index in [4.69, 9.17) is 14.2 Å². The van der Waals surface area contributed by atoms with Gasteiger partial charge < -0.3 is 19.3 Å². The molecule has 0 aliphatic heterocycles. The molecule has 0 aliphatic rings. The van der Waals surface area contributed by atoms with Gasteiger partial charge in [-0.25, -0.2) is 9.97 Å². The average Bonchev–Trinajstić information content (AvgIpc) is 2.89. The molecule has 1 N–H and O–H groups in total. The Hall–Kier alpha value is -1.61. The van der Waals surface area contributed by atoms with Gasteiger partial charge in [0.25, 0.3) is 0 Å². The van der Waals surface area contributed by atoms with Crippen molar-refractivity contribution in [1.29, 1.82) is 0 Å². The van der Waals surface area contributed by atoms with Crippen molar-refractivity contribution >= 4 is 74.9 Å². The quantitative estimate of drug-likeness (QED) is 0.251. The predicted octanol–water partition coefficient (Wildman–Crippen LogP) is 5.56. The molecule has 3 rings (SSSR count). The van der Waals surface area contributed by atoms with Crippen LogP contribution in [0.4, 0.5) is 13.2 Å². The topological polar surface area (TPSA) is 90.8 Å². The van der Waals surface area contributed by atoms with Crippen molar-refractivity contribution < 1.29 is 37.3 Å². The SMILES string of the molecule is CCOC(=O)C(C)(C)CCOc1ccc(OCc2cnc(-c3ccc(C(F)(F)F)cc3)nc2CCO)cc1C.[Cs]. The summed E-state index contributed by atoms with van der Waals surface area (Å²) >= 11 is 0. The maximum atomic E-state index is 12.9. The molecule has 0 saturated carbocycles. The maximum absolute atomic E-state index is 12.9. The summed E-state index contributed by atoms with van der Waals surface area (Å²) in [5, 5.41) is 9.50. The summed E-state index contributed by atoms with van der Waals surface area (Å²) in [6.07, 6.45) is -2.13. The predicted molar refractivity (Wildman–Crippen MR) is 145 cm³/mol. The van der Waals surface area contributed by atoms with Gasteiger partial charge in [-0.15, -0.1) is 0 Å². The van der Waals surface area contributed by atoms with Crippen LogP contribution in [0.1, 0.15) is 49.6 Å². The minimum absolute atomic E-state index is 0. The number of esters is 1. The first-order valence-corrected chi connectivity index (χ1v) is 12.6. The molecule has 0 aliphatic carbocycles. The van der Waals surface area contributed by atoms with Gasteiger partial charge in [-0.1, -0.05) is 12.1 Å². The summed E-state index contributed by atoms with van der Waals surface area (Å²) in [7, 11) is 0. The van der Waals surface area contributed by atoms with E-state index in [1.807, 2.05) is 26.8 Å². The van der Waals surface area contributed by atoms with Gasteiger partial charge in [0.1, 0.15) is 18.1 Å². The fourth-order valence-corrected chi connectivity index (χ4v) is 3.71. The molecular weight excluding hydrogens is 646 g/mol. The molecule has 11 heteroatoms. The second kappa shape index (κ2) is 15.6. The van der Waals surface area contributed by atoms with Crippen LogP contribution in [-0.2, 0) is 28.7 Å². The Morgan fingerprint density at radius 1 is 1.05 bits per heavy atom. The number of benzene rings is 2. The molecule has 1 heterocycles. The summed E-state index contributed by atoms with van der Waals surface area (Å²) in [6.45, 7) is 7.96. The number of rotatable bonds is 12. The van der Waals surface area contributed by atoms with E-state index in [0.717, 1.165) is 17.7 Å². The van der Waals surface area contributed by atoms with Crippen LogP contribution in [0, 0.1) is 12.3 Å². The molecule has 0 atom stereocenters. The normalized spacial score (nSPS) is 11.5. The van der Waals surface area contributed by atoms with E-state index in [2.05, 4.69) is 9.97 Å². The van der Waals surface area contributed by atoms with Gasteiger partial charge in [-0.3, -0.25) is 4.79 Å². The summed E-state index contributed by atoms with van der Waals surface area (Å²) < 4.78 is 55.5. The van der Waals surface area contributed by atoms with E-state index in [1.54, 1.807) is 25.3 Å². The second-order valence-corrected chi connectivity index (χ2v) is 9.63. The number of hydrogen-bond acceptors (Lipinski definition) is 7. The summed E-state index contributed by atoms with van der Waals surface area (Å²) in [5.74, 6) is 1.27. The first kappa shape index (κ1) is 34.6. The van der Waals surface area contributed by atoms with Crippen LogP contribution >= 0.6 is 0 Å². The van der Waals surface area contributed by atoms with E-state index in [0.29, 0.717) is 48.0 Å². The third-order valence-electron chi connectivity index (χ3n) is 6.13. The summed E-state index contributed by atoms with van der Waals surface area (Å²) in [4.78, 5) is 20.8. The molecule has 0 saturated heterocycles. The number of nitrogens with zero attached hydrogens (tertiary/aromatic N) is 2. The zero-order valence-corrected chi connectivity index (χ0v) is 29.8. The minimum Gasteiger partial charge on any atom is -0.493 e. The molecule has 40 heavy (non-hydrogen) atoms. The Morgan fingerprint density at radius 2 is 1.75 bits per heavy atom. The van der Waals surface area contributed by atoms with Crippen molar-refractivity contribution in [2.45, 2.75) is 53.3 Å². The number of aliphatic hydroxyl groups excluding tert-OH is 1. The van der Waals surface area contributed by atoms with Crippen molar-refractivity contribution in [2.24, 2.45) is 5.41 Å². The van der Waals surface area contributed by atoms with E-state index < -0.39 is 17.2 Å². The van der Waals surface area contributed by atoms with Gasteiger partial charge in [-0.05, 0) is 70.0 Å². The molecular formula is C29H33CsF3N2O5. The largest absolute Gasteiger partial charge is 0.493 e. The number of halogens is 3. The Labute approximate surface area is 291 Å². The van der Waals surface area contributed by atoms with Gasteiger partial charge >= 0.3 is 12.1 Å². The average molecular weight is 679 g/mol. The van der Waals surface area contributed by atoms with Gasteiger partial charge in [0, 0.05) is 99.2 Å². The molecule has 211 valence electrons. The second-order valence-electron chi connectivity index (χ2n) is 9.63. The molecule has 0 unspecified atom stereocenters. The number of hydrogen-bond donors (Lipinski definition) is 1.